The van der Waals surface area contributed by atoms with Crippen LogP contribution in [0.3, 0.4) is 0 Å². The molecule has 1 aliphatic rings. The van der Waals surface area contributed by atoms with E-state index in [4.69, 9.17) is 5.73 Å². The Kier molecular flexibility index (Phi) is 4.63. The van der Waals surface area contributed by atoms with Gasteiger partial charge in [0.1, 0.15) is 5.82 Å². The first-order valence-corrected chi connectivity index (χ1v) is 7.49. The van der Waals surface area contributed by atoms with E-state index in [1.807, 2.05) is 30.8 Å². The SMILES string of the molecule is CN(C)c1nc(N)nc(CSC2CCCCC2)n1. The first-order valence-electron chi connectivity index (χ1n) is 6.44. The molecule has 1 fully saturated rings. The van der Waals surface area contributed by atoms with E-state index in [0.717, 1.165) is 16.8 Å². The number of hydrogen-bond donors (Lipinski definition) is 1. The summed E-state index contributed by atoms with van der Waals surface area (Å²) in [5.74, 6) is 2.58. The third-order valence-electron chi connectivity index (χ3n) is 3.09. The lowest BCUT2D eigenvalue weighted by atomic mass is 10.0. The summed E-state index contributed by atoms with van der Waals surface area (Å²) < 4.78 is 0. The van der Waals surface area contributed by atoms with Crippen molar-refractivity contribution in [2.45, 2.75) is 43.1 Å². The van der Waals surface area contributed by atoms with Gasteiger partial charge < -0.3 is 10.6 Å². The van der Waals surface area contributed by atoms with Gasteiger partial charge >= 0.3 is 0 Å². The van der Waals surface area contributed by atoms with Crippen LogP contribution in [-0.2, 0) is 5.75 Å². The highest BCUT2D eigenvalue weighted by Crippen LogP contribution is 2.29. The maximum atomic E-state index is 5.71. The molecule has 0 radical (unpaired) electrons. The Hall–Kier alpha value is -1.04. The molecule has 1 aliphatic carbocycles. The molecule has 0 atom stereocenters. The molecule has 0 bridgehead atoms. The number of hydrogen-bond acceptors (Lipinski definition) is 6. The van der Waals surface area contributed by atoms with Crippen LogP contribution in [0.2, 0.25) is 0 Å². The zero-order valence-corrected chi connectivity index (χ0v) is 11.9. The van der Waals surface area contributed by atoms with Crippen LogP contribution in [0.5, 0.6) is 0 Å². The third kappa shape index (κ3) is 3.73. The predicted octanol–water partition coefficient (Wildman–Crippen LogP) is 2.09. The van der Waals surface area contributed by atoms with Crippen LogP contribution in [0.15, 0.2) is 0 Å². The van der Waals surface area contributed by atoms with E-state index in [2.05, 4.69) is 15.0 Å². The number of thioether (sulfide) groups is 1. The second-order valence-electron chi connectivity index (χ2n) is 4.88. The van der Waals surface area contributed by atoms with Crippen molar-refractivity contribution < 1.29 is 0 Å². The Morgan fingerprint density at radius 3 is 2.56 bits per heavy atom. The summed E-state index contributed by atoms with van der Waals surface area (Å²) in [4.78, 5) is 14.6. The van der Waals surface area contributed by atoms with Crippen molar-refractivity contribution in [2.75, 3.05) is 24.7 Å². The Labute approximate surface area is 113 Å². The molecule has 0 unspecified atom stereocenters. The lowest BCUT2D eigenvalue weighted by Crippen LogP contribution is -2.16. The maximum absolute atomic E-state index is 5.71. The Morgan fingerprint density at radius 2 is 1.89 bits per heavy atom. The molecule has 0 aromatic carbocycles. The van der Waals surface area contributed by atoms with Gasteiger partial charge in [0.15, 0.2) is 0 Å². The van der Waals surface area contributed by atoms with Crippen molar-refractivity contribution >= 4 is 23.7 Å². The minimum atomic E-state index is 0.313. The topological polar surface area (TPSA) is 67.9 Å². The van der Waals surface area contributed by atoms with Crippen LogP contribution in [0.25, 0.3) is 0 Å². The monoisotopic (exact) mass is 267 g/mol. The molecule has 1 aromatic heterocycles. The average Bonchev–Trinajstić information content (AvgIpc) is 2.37. The number of anilines is 2. The summed E-state index contributed by atoms with van der Waals surface area (Å²) in [6, 6.07) is 0. The van der Waals surface area contributed by atoms with Crippen LogP contribution >= 0.6 is 11.8 Å². The van der Waals surface area contributed by atoms with Crippen LogP contribution in [-0.4, -0.2) is 34.3 Å². The largest absolute Gasteiger partial charge is 0.368 e. The molecule has 0 spiro atoms. The molecule has 18 heavy (non-hydrogen) atoms. The van der Waals surface area contributed by atoms with Gasteiger partial charge in [-0.25, -0.2) is 0 Å². The summed E-state index contributed by atoms with van der Waals surface area (Å²) in [6.45, 7) is 0. The summed E-state index contributed by atoms with van der Waals surface area (Å²) in [5.41, 5.74) is 5.71. The van der Waals surface area contributed by atoms with Crippen molar-refractivity contribution in [2.24, 2.45) is 0 Å². The Morgan fingerprint density at radius 1 is 1.17 bits per heavy atom. The van der Waals surface area contributed by atoms with E-state index in [1.54, 1.807) is 0 Å². The summed E-state index contributed by atoms with van der Waals surface area (Å²) in [7, 11) is 3.82. The molecular weight excluding hydrogens is 246 g/mol. The fourth-order valence-corrected chi connectivity index (χ4v) is 3.29. The predicted molar refractivity (Wildman–Crippen MR) is 76.7 cm³/mol. The molecule has 2 N–H and O–H groups in total. The van der Waals surface area contributed by atoms with Crippen LogP contribution in [0, 0.1) is 0 Å². The van der Waals surface area contributed by atoms with E-state index in [0.29, 0.717) is 11.9 Å². The minimum Gasteiger partial charge on any atom is -0.368 e. The van der Waals surface area contributed by atoms with E-state index in [1.165, 1.54) is 32.1 Å². The standard InChI is InChI=1S/C12H21N5S/c1-17(2)12-15-10(14-11(13)16-12)8-18-9-6-4-3-5-7-9/h9H,3-8H2,1-2H3,(H2,13,14,15,16). The summed E-state index contributed by atoms with van der Waals surface area (Å²) in [6.07, 6.45) is 6.76. The molecule has 1 heterocycles. The van der Waals surface area contributed by atoms with Gasteiger partial charge in [-0.15, -0.1) is 0 Å². The van der Waals surface area contributed by atoms with E-state index < -0.39 is 0 Å². The molecule has 1 saturated carbocycles. The average molecular weight is 267 g/mol. The fraction of sp³-hybridized carbons (Fsp3) is 0.750. The Bertz CT molecular complexity index is 390. The van der Waals surface area contributed by atoms with Crippen LogP contribution < -0.4 is 10.6 Å². The molecule has 100 valence electrons. The van der Waals surface area contributed by atoms with Gasteiger partial charge in [-0.1, -0.05) is 19.3 Å². The summed E-state index contributed by atoms with van der Waals surface area (Å²) in [5, 5.41) is 0.763. The lowest BCUT2D eigenvalue weighted by molar-refractivity contribution is 0.516. The van der Waals surface area contributed by atoms with Gasteiger partial charge in [0.25, 0.3) is 0 Å². The van der Waals surface area contributed by atoms with Crippen LogP contribution in [0.1, 0.15) is 37.9 Å². The second kappa shape index (κ2) is 6.22. The van der Waals surface area contributed by atoms with Gasteiger partial charge in [0, 0.05) is 19.3 Å². The molecule has 0 saturated heterocycles. The highest BCUT2D eigenvalue weighted by molar-refractivity contribution is 7.99. The maximum Gasteiger partial charge on any atom is 0.229 e. The smallest absolute Gasteiger partial charge is 0.229 e. The molecule has 2 rings (SSSR count). The Balaban J connectivity index is 1.95. The zero-order chi connectivity index (χ0) is 13.0. The van der Waals surface area contributed by atoms with E-state index in [-0.39, 0.29) is 0 Å². The highest BCUT2D eigenvalue weighted by atomic mass is 32.2. The van der Waals surface area contributed by atoms with Crippen molar-refractivity contribution in [3.63, 3.8) is 0 Å². The normalized spacial score (nSPS) is 16.8. The van der Waals surface area contributed by atoms with Crippen molar-refractivity contribution in [1.29, 1.82) is 0 Å². The van der Waals surface area contributed by atoms with Gasteiger partial charge in [0.05, 0.1) is 5.75 Å². The fourth-order valence-electron chi connectivity index (χ4n) is 2.11. The van der Waals surface area contributed by atoms with Gasteiger partial charge in [-0.3, -0.25) is 0 Å². The molecule has 6 heteroatoms. The molecule has 5 nitrogen and oxygen atoms in total. The van der Waals surface area contributed by atoms with Gasteiger partial charge in [-0.2, -0.15) is 26.7 Å². The molecule has 1 aromatic rings. The second-order valence-corrected chi connectivity index (χ2v) is 6.16. The number of nitrogen functional groups attached to an aromatic ring is 1. The number of nitrogens with two attached hydrogens (primary N) is 1. The molecule has 0 aliphatic heterocycles. The number of rotatable bonds is 4. The quantitative estimate of drug-likeness (QED) is 0.901. The van der Waals surface area contributed by atoms with Gasteiger partial charge in [-0.05, 0) is 12.8 Å². The van der Waals surface area contributed by atoms with Crippen molar-refractivity contribution in [3.05, 3.63) is 5.82 Å². The van der Waals surface area contributed by atoms with Gasteiger partial charge in [0.2, 0.25) is 11.9 Å². The molecule has 0 amide bonds. The zero-order valence-electron chi connectivity index (χ0n) is 11.1. The van der Waals surface area contributed by atoms with E-state index in [9.17, 15) is 0 Å². The van der Waals surface area contributed by atoms with Crippen molar-refractivity contribution in [3.8, 4) is 0 Å². The molecular formula is C12H21N5S. The van der Waals surface area contributed by atoms with Crippen LogP contribution in [0.4, 0.5) is 11.9 Å². The number of nitrogens with zero attached hydrogens (tertiary/aromatic N) is 4. The minimum absolute atomic E-state index is 0.313. The third-order valence-corrected chi connectivity index (χ3v) is 4.46. The summed E-state index contributed by atoms with van der Waals surface area (Å²) >= 11 is 1.95. The number of aromatic nitrogens is 3. The van der Waals surface area contributed by atoms with E-state index >= 15 is 0 Å². The van der Waals surface area contributed by atoms with Crippen molar-refractivity contribution in [1.82, 2.24) is 15.0 Å². The first kappa shape index (κ1) is 13.4. The lowest BCUT2D eigenvalue weighted by Gasteiger charge is -2.20. The first-order chi connectivity index (χ1) is 8.65. The highest BCUT2D eigenvalue weighted by Gasteiger charge is 2.15.